The average Bonchev–Trinajstić information content (AvgIpc) is 2.79. The van der Waals surface area contributed by atoms with Crippen molar-refractivity contribution in [1.82, 2.24) is 9.78 Å². The zero-order valence-electron chi connectivity index (χ0n) is 12.0. The highest BCUT2D eigenvalue weighted by Gasteiger charge is 2.15. The highest BCUT2D eigenvalue weighted by Crippen LogP contribution is 2.25. The van der Waals surface area contributed by atoms with Crippen molar-refractivity contribution in [1.29, 1.82) is 0 Å². The Hall–Kier alpha value is -2.30. The number of hydrogen-bond acceptors (Lipinski definition) is 4. The summed E-state index contributed by atoms with van der Waals surface area (Å²) in [5.74, 6) is 0.488. The normalized spacial score (nSPS) is 10.6. The molecule has 2 N–H and O–H groups in total. The van der Waals surface area contributed by atoms with E-state index >= 15 is 0 Å². The molecule has 0 amide bonds. The first-order valence-corrected chi connectivity index (χ1v) is 6.54. The van der Waals surface area contributed by atoms with Gasteiger partial charge in [0.25, 0.3) is 0 Å². The molecule has 0 atom stereocenters. The van der Waals surface area contributed by atoms with Gasteiger partial charge in [-0.05, 0) is 24.6 Å². The van der Waals surface area contributed by atoms with Crippen LogP contribution in [0, 0.1) is 0 Å². The molecule has 1 heterocycles. The number of Topliss-reactive ketones (excluding diaryl/α,β-unsaturated/α-hetero) is 1. The number of benzene rings is 1. The summed E-state index contributed by atoms with van der Waals surface area (Å²) in [6.07, 6.45) is 1.13. The number of hydrogen-bond donors (Lipinski definition) is 1. The molecule has 0 radical (unpaired) electrons. The van der Waals surface area contributed by atoms with Crippen LogP contribution in [0.4, 0.5) is 5.69 Å². The summed E-state index contributed by atoms with van der Waals surface area (Å²) in [4.78, 5) is 12.4. The van der Waals surface area contributed by atoms with Crippen LogP contribution in [0.3, 0.4) is 0 Å². The van der Waals surface area contributed by atoms with Gasteiger partial charge in [0.1, 0.15) is 5.75 Å². The van der Waals surface area contributed by atoms with Crippen LogP contribution in [-0.2, 0) is 19.9 Å². The Morgan fingerprint density at radius 3 is 2.80 bits per heavy atom. The number of aromatic nitrogens is 2. The van der Waals surface area contributed by atoms with Crippen molar-refractivity contribution in [2.45, 2.75) is 19.8 Å². The minimum Gasteiger partial charge on any atom is -0.495 e. The first-order valence-electron chi connectivity index (χ1n) is 6.54. The van der Waals surface area contributed by atoms with Gasteiger partial charge in [-0.25, -0.2) is 0 Å². The van der Waals surface area contributed by atoms with E-state index in [2.05, 4.69) is 5.10 Å². The van der Waals surface area contributed by atoms with Crippen molar-refractivity contribution < 1.29 is 9.53 Å². The van der Waals surface area contributed by atoms with Crippen molar-refractivity contribution in [3.63, 3.8) is 0 Å². The van der Waals surface area contributed by atoms with Gasteiger partial charge in [0, 0.05) is 18.3 Å². The summed E-state index contributed by atoms with van der Waals surface area (Å²) in [7, 11) is 3.38. The van der Waals surface area contributed by atoms with E-state index in [1.807, 2.05) is 20.0 Å². The van der Waals surface area contributed by atoms with Gasteiger partial charge >= 0.3 is 0 Å². The monoisotopic (exact) mass is 273 g/mol. The minimum atomic E-state index is -0.0351. The molecule has 2 rings (SSSR count). The number of carbonyl (C=O) groups excluding carboxylic acids is 1. The van der Waals surface area contributed by atoms with Crippen molar-refractivity contribution in [3.8, 4) is 5.75 Å². The molecule has 0 saturated heterocycles. The van der Waals surface area contributed by atoms with E-state index in [0.29, 0.717) is 17.0 Å². The Labute approximate surface area is 118 Å². The third-order valence-electron chi connectivity index (χ3n) is 3.32. The Morgan fingerprint density at radius 1 is 1.45 bits per heavy atom. The third kappa shape index (κ3) is 2.66. The molecule has 5 nitrogen and oxygen atoms in total. The molecular weight excluding hydrogens is 254 g/mol. The van der Waals surface area contributed by atoms with Crippen LogP contribution in [0.25, 0.3) is 0 Å². The molecule has 0 saturated carbocycles. The molecule has 1 aromatic carbocycles. The van der Waals surface area contributed by atoms with Crippen LogP contribution in [0.5, 0.6) is 5.75 Å². The summed E-state index contributed by atoms with van der Waals surface area (Å²) in [6, 6.07) is 7.18. The molecule has 0 aliphatic rings. The Bertz CT molecular complexity index is 632. The molecule has 0 spiro atoms. The molecule has 0 aliphatic carbocycles. The molecule has 20 heavy (non-hydrogen) atoms. The maximum absolute atomic E-state index is 12.4. The van der Waals surface area contributed by atoms with E-state index in [9.17, 15) is 4.79 Å². The van der Waals surface area contributed by atoms with Gasteiger partial charge in [-0.1, -0.05) is 13.0 Å². The molecule has 0 fully saturated rings. The van der Waals surface area contributed by atoms with E-state index in [1.165, 1.54) is 7.11 Å². The van der Waals surface area contributed by atoms with E-state index < -0.39 is 0 Å². The fourth-order valence-corrected chi connectivity index (χ4v) is 2.13. The number of nitrogens with two attached hydrogens (primary N) is 1. The molecule has 0 bridgehead atoms. The van der Waals surface area contributed by atoms with Gasteiger partial charge in [0.15, 0.2) is 5.78 Å². The number of rotatable bonds is 5. The number of aryl methyl sites for hydroxylation is 2. The average molecular weight is 273 g/mol. The number of nitrogen functional groups attached to an aromatic ring is 1. The largest absolute Gasteiger partial charge is 0.495 e. The van der Waals surface area contributed by atoms with E-state index in [1.54, 1.807) is 22.9 Å². The van der Waals surface area contributed by atoms with Crippen LogP contribution in [-0.4, -0.2) is 22.7 Å². The van der Waals surface area contributed by atoms with Crippen molar-refractivity contribution in [2.75, 3.05) is 12.8 Å². The molecule has 5 heteroatoms. The van der Waals surface area contributed by atoms with Crippen LogP contribution in [0.2, 0.25) is 0 Å². The third-order valence-corrected chi connectivity index (χ3v) is 3.32. The van der Waals surface area contributed by atoms with Gasteiger partial charge in [0.2, 0.25) is 0 Å². The highest BCUT2D eigenvalue weighted by atomic mass is 16.5. The molecule has 106 valence electrons. The van der Waals surface area contributed by atoms with E-state index in [4.69, 9.17) is 10.5 Å². The predicted molar refractivity (Wildman–Crippen MR) is 78.0 cm³/mol. The molecule has 0 aliphatic heterocycles. The maximum Gasteiger partial charge on any atom is 0.171 e. The molecule has 0 unspecified atom stereocenters. The van der Waals surface area contributed by atoms with Crippen molar-refractivity contribution >= 4 is 11.5 Å². The van der Waals surface area contributed by atoms with Gasteiger partial charge in [-0.15, -0.1) is 0 Å². The lowest BCUT2D eigenvalue weighted by atomic mass is 10.0. The topological polar surface area (TPSA) is 70.1 Å². The number of anilines is 1. The minimum absolute atomic E-state index is 0.0351. The molecular formula is C15H19N3O2. The van der Waals surface area contributed by atoms with Crippen molar-refractivity contribution in [3.05, 3.63) is 41.2 Å². The Kier molecular flexibility index (Phi) is 4.08. The summed E-state index contributed by atoms with van der Waals surface area (Å²) >= 11 is 0. The number of methoxy groups -OCH3 is 1. The first-order chi connectivity index (χ1) is 9.56. The fourth-order valence-electron chi connectivity index (χ4n) is 2.13. The van der Waals surface area contributed by atoms with Crippen LogP contribution in [0.15, 0.2) is 24.3 Å². The van der Waals surface area contributed by atoms with Gasteiger partial charge in [-0.3, -0.25) is 9.48 Å². The summed E-state index contributed by atoms with van der Waals surface area (Å²) < 4.78 is 6.88. The van der Waals surface area contributed by atoms with Crippen LogP contribution in [0.1, 0.15) is 28.7 Å². The Morgan fingerprint density at radius 2 is 2.20 bits per heavy atom. The van der Waals surface area contributed by atoms with Crippen LogP contribution >= 0.6 is 0 Å². The smallest absolute Gasteiger partial charge is 0.171 e. The molecule has 2 aromatic rings. The van der Waals surface area contributed by atoms with Gasteiger partial charge in [-0.2, -0.15) is 5.10 Å². The zero-order chi connectivity index (χ0) is 14.7. The number of carbonyl (C=O) groups is 1. The second kappa shape index (κ2) is 5.77. The number of nitrogens with zero attached hydrogens (tertiary/aromatic N) is 2. The van der Waals surface area contributed by atoms with E-state index in [-0.39, 0.29) is 12.2 Å². The number of para-hydroxylation sites is 1. The lowest BCUT2D eigenvalue weighted by Gasteiger charge is -2.09. The number of ether oxygens (including phenoxy) is 1. The standard InChI is InChI=1S/C15H19N3O2/c1-4-10-8-11(18(2)17-10)9-13(19)12-6-5-7-14(20-3)15(12)16/h5-8H,4,9,16H2,1-3H3. The van der Waals surface area contributed by atoms with Crippen molar-refractivity contribution in [2.24, 2.45) is 7.05 Å². The zero-order valence-corrected chi connectivity index (χ0v) is 12.0. The second-order valence-electron chi connectivity index (χ2n) is 4.63. The molecule has 1 aromatic heterocycles. The predicted octanol–water partition coefficient (Wildman–Crippen LogP) is 2.00. The lowest BCUT2D eigenvalue weighted by molar-refractivity contribution is 0.0991. The lowest BCUT2D eigenvalue weighted by Crippen LogP contribution is -2.10. The summed E-state index contributed by atoms with van der Waals surface area (Å²) in [6.45, 7) is 2.04. The van der Waals surface area contributed by atoms with Gasteiger partial charge in [0.05, 0.1) is 24.9 Å². The maximum atomic E-state index is 12.4. The Balaban J connectivity index is 2.26. The fraction of sp³-hybridized carbons (Fsp3) is 0.333. The summed E-state index contributed by atoms with van der Waals surface area (Å²) in [5, 5.41) is 4.34. The SMILES string of the molecule is CCc1cc(CC(=O)c2cccc(OC)c2N)n(C)n1. The first kappa shape index (κ1) is 14.1. The second-order valence-corrected chi connectivity index (χ2v) is 4.63. The highest BCUT2D eigenvalue weighted by molar-refractivity contribution is 6.02. The van der Waals surface area contributed by atoms with Crippen LogP contribution < -0.4 is 10.5 Å². The quantitative estimate of drug-likeness (QED) is 0.668. The van der Waals surface area contributed by atoms with Gasteiger partial charge < -0.3 is 10.5 Å². The summed E-state index contributed by atoms with van der Waals surface area (Å²) in [5.41, 5.74) is 8.69. The van der Waals surface area contributed by atoms with E-state index in [0.717, 1.165) is 17.8 Å². The number of ketones is 1.